The maximum Gasteiger partial charge on any atom is 0.222 e. The van der Waals surface area contributed by atoms with Gasteiger partial charge in [0.25, 0.3) is 0 Å². The summed E-state index contributed by atoms with van der Waals surface area (Å²) in [6.07, 6.45) is 3.96. The molecule has 1 heterocycles. The van der Waals surface area contributed by atoms with Crippen LogP contribution in [0.3, 0.4) is 0 Å². The number of carbonyl (C=O) groups excluding carboxylic acids is 1. The van der Waals surface area contributed by atoms with E-state index in [2.05, 4.69) is 70.5 Å². The fourth-order valence-corrected chi connectivity index (χ4v) is 3.21. The summed E-state index contributed by atoms with van der Waals surface area (Å²) in [5.74, 6) is 0.372. The largest absolute Gasteiger partial charge is 0.359 e. The van der Waals surface area contributed by atoms with Crippen molar-refractivity contribution in [2.24, 2.45) is 0 Å². The molecular formula is C24H26N4O. The first-order valence-corrected chi connectivity index (χ1v) is 9.72. The molecule has 3 aromatic rings. The van der Waals surface area contributed by atoms with Gasteiger partial charge in [0.2, 0.25) is 5.91 Å². The zero-order chi connectivity index (χ0) is 20.6. The second-order valence-electron chi connectivity index (χ2n) is 6.98. The standard InChI is InChI=1S/C24H26N4O/c1-4-20-7-5-6-8-21(20)13-17(2)27-22-11-9-19(10-12-22)14-23-15-24(26-16-25-23)28-18(3)29/h5-12,15-16,27H,2,4,13-14H2,1,3H3,(H,25,26,28,29). The Hall–Kier alpha value is -3.47. The number of nitrogens with one attached hydrogen (secondary N) is 2. The maximum atomic E-state index is 11.2. The van der Waals surface area contributed by atoms with E-state index < -0.39 is 0 Å². The highest BCUT2D eigenvalue weighted by Crippen LogP contribution is 2.18. The smallest absolute Gasteiger partial charge is 0.222 e. The van der Waals surface area contributed by atoms with Gasteiger partial charge in [-0.1, -0.05) is 49.9 Å². The minimum atomic E-state index is -0.146. The number of nitrogens with zero attached hydrogens (tertiary/aromatic N) is 2. The van der Waals surface area contributed by atoms with Crippen LogP contribution < -0.4 is 10.6 Å². The molecule has 2 N–H and O–H groups in total. The Morgan fingerprint density at radius 1 is 1.00 bits per heavy atom. The molecule has 1 aromatic heterocycles. The number of aryl methyl sites for hydroxylation is 1. The number of hydrogen-bond acceptors (Lipinski definition) is 4. The van der Waals surface area contributed by atoms with Gasteiger partial charge in [-0.3, -0.25) is 4.79 Å². The van der Waals surface area contributed by atoms with Gasteiger partial charge >= 0.3 is 0 Å². The molecule has 5 heteroatoms. The number of benzene rings is 2. The van der Waals surface area contributed by atoms with Crippen molar-refractivity contribution in [2.45, 2.75) is 33.1 Å². The average molecular weight is 386 g/mol. The normalized spacial score (nSPS) is 10.4. The van der Waals surface area contributed by atoms with Gasteiger partial charge in [0.1, 0.15) is 12.1 Å². The summed E-state index contributed by atoms with van der Waals surface area (Å²) in [4.78, 5) is 19.5. The van der Waals surface area contributed by atoms with Crippen LogP contribution in [0.4, 0.5) is 11.5 Å². The van der Waals surface area contributed by atoms with Crippen LogP contribution in [0.25, 0.3) is 0 Å². The van der Waals surface area contributed by atoms with Gasteiger partial charge in [-0.2, -0.15) is 0 Å². The summed E-state index contributed by atoms with van der Waals surface area (Å²) in [6, 6.07) is 18.5. The van der Waals surface area contributed by atoms with E-state index in [9.17, 15) is 4.79 Å². The predicted molar refractivity (Wildman–Crippen MR) is 118 cm³/mol. The minimum Gasteiger partial charge on any atom is -0.359 e. The SMILES string of the molecule is C=C(Cc1ccccc1CC)Nc1ccc(Cc2cc(NC(C)=O)ncn2)cc1. The van der Waals surface area contributed by atoms with Gasteiger partial charge in [-0.15, -0.1) is 0 Å². The van der Waals surface area contributed by atoms with E-state index in [0.717, 1.165) is 35.5 Å². The third-order valence-corrected chi connectivity index (χ3v) is 4.59. The van der Waals surface area contributed by atoms with Crippen LogP contribution in [0.15, 0.2) is 73.2 Å². The van der Waals surface area contributed by atoms with Gasteiger partial charge in [-0.05, 0) is 35.2 Å². The zero-order valence-electron chi connectivity index (χ0n) is 16.9. The number of allylic oxidation sites excluding steroid dienone is 1. The van der Waals surface area contributed by atoms with Crippen molar-refractivity contribution >= 4 is 17.4 Å². The minimum absolute atomic E-state index is 0.146. The van der Waals surface area contributed by atoms with Gasteiger partial charge < -0.3 is 10.6 Å². The summed E-state index contributed by atoms with van der Waals surface area (Å²) in [6.45, 7) is 7.81. The van der Waals surface area contributed by atoms with Crippen LogP contribution in [-0.4, -0.2) is 15.9 Å². The van der Waals surface area contributed by atoms with Crippen molar-refractivity contribution in [3.05, 3.63) is 95.6 Å². The lowest BCUT2D eigenvalue weighted by atomic mass is 10.0. The van der Waals surface area contributed by atoms with Gasteiger partial charge in [0.15, 0.2) is 0 Å². The molecule has 0 unspecified atom stereocenters. The van der Waals surface area contributed by atoms with Crippen molar-refractivity contribution in [1.29, 1.82) is 0 Å². The fraction of sp³-hybridized carbons (Fsp3) is 0.208. The summed E-state index contributed by atoms with van der Waals surface area (Å²) >= 11 is 0. The molecule has 0 spiro atoms. The van der Waals surface area contributed by atoms with Gasteiger partial charge in [-0.25, -0.2) is 9.97 Å². The molecule has 0 atom stereocenters. The molecule has 0 fully saturated rings. The zero-order valence-corrected chi connectivity index (χ0v) is 16.9. The van der Waals surface area contributed by atoms with Gasteiger partial charge in [0.05, 0.1) is 5.69 Å². The lowest BCUT2D eigenvalue weighted by molar-refractivity contribution is -0.114. The van der Waals surface area contributed by atoms with Crippen molar-refractivity contribution < 1.29 is 4.79 Å². The lowest BCUT2D eigenvalue weighted by Crippen LogP contribution is -2.08. The number of carbonyl (C=O) groups is 1. The van der Waals surface area contributed by atoms with E-state index in [1.54, 1.807) is 6.07 Å². The highest BCUT2D eigenvalue weighted by atomic mass is 16.1. The highest BCUT2D eigenvalue weighted by Gasteiger charge is 2.05. The third-order valence-electron chi connectivity index (χ3n) is 4.59. The fourth-order valence-electron chi connectivity index (χ4n) is 3.21. The van der Waals surface area contributed by atoms with Crippen LogP contribution >= 0.6 is 0 Å². The Bertz CT molecular complexity index is 996. The lowest BCUT2D eigenvalue weighted by Gasteiger charge is -2.13. The molecule has 0 radical (unpaired) electrons. The molecule has 2 aromatic carbocycles. The van der Waals surface area contributed by atoms with Crippen LogP contribution in [-0.2, 0) is 24.1 Å². The Balaban J connectivity index is 1.60. The molecule has 0 bridgehead atoms. The second-order valence-corrected chi connectivity index (χ2v) is 6.98. The number of amides is 1. The molecule has 0 aliphatic rings. The van der Waals surface area contributed by atoms with Crippen LogP contribution in [0, 0.1) is 0 Å². The first kappa shape index (κ1) is 20.3. The summed E-state index contributed by atoms with van der Waals surface area (Å²) in [7, 11) is 0. The average Bonchev–Trinajstić information content (AvgIpc) is 2.69. The van der Waals surface area contributed by atoms with Crippen molar-refractivity contribution in [1.82, 2.24) is 9.97 Å². The van der Waals surface area contributed by atoms with E-state index >= 15 is 0 Å². The second kappa shape index (κ2) is 9.64. The van der Waals surface area contributed by atoms with Gasteiger partial charge in [0, 0.05) is 37.2 Å². The Kier molecular flexibility index (Phi) is 6.74. The van der Waals surface area contributed by atoms with E-state index in [1.807, 2.05) is 12.1 Å². The van der Waals surface area contributed by atoms with Crippen molar-refractivity contribution in [3.63, 3.8) is 0 Å². The molecule has 0 saturated heterocycles. The Morgan fingerprint density at radius 3 is 2.41 bits per heavy atom. The highest BCUT2D eigenvalue weighted by molar-refractivity contribution is 5.87. The summed E-state index contributed by atoms with van der Waals surface area (Å²) in [5, 5.41) is 6.08. The molecule has 5 nitrogen and oxygen atoms in total. The molecule has 0 saturated carbocycles. The number of rotatable bonds is 8. The quantitative estimate of drug-likeness (QED) is 0.586. The topological polar surface area (TPSA) is 66.9 Å². The Morgan fingerprint density at radius 2 is 1.72 bits per heavy atom. The van der Waals surface area contributed by atoms with Crippen molar-refractivity contribution in [2.75, 3.05) is 10.6 Å². The van der Waals surface area contributed by atoms with E-state index in [1.165, 1.54) is 24.4 Å². The van der Waals surface area contributed by atoms with E-state index in [-0.39, 0.29) is 5.91 Å². The molecular weight excluding hydrogens is 360 g/mol. The molecule has 3 rings (SSSR count). The molecule has 1 amide bonds. The van der Waals surface area contributed by atoms with Crippen LogP contribution in [0.5, 0.6) is 0 Å². The molecule has 148 valence electrons. The predicted octanol–water partition coefficient (Wildman–Crippen LogP) is 4.76. The van der Waals surface area contributed by atoms with E-state index in [0.29, 0.717) is 12.2 Å². The van der Waals surface area contributed by atoms with Crippen LogP contribution in [0.1, 0.15) is 36.2 Å². The number of aromatic nitrogens is 2. The summed E-state index contributed by atoms with van der Waals surface area (Å²) < 4.78 is 0. The van der Waals surface area contributed by atoms with E-state index in [4.69, 9.17) is 0 Å². The monoisotopic (exact) mass is 386 g/mol. The number of anilines is 2. The molecule has 0 aliphatic heterocycles. The van der Waals surface area contributed by atoms with Crippen molar-refractivity contribution in [3.8, 4) is 0 Å². The molecule has 29 heavy (non-hydrogen) atoms. The molecule has 0 aliphatic carbocycles. The Labute approximate surface area is 171 Å². The van der Waals surface area contributed by atoms with Crippen LogP contribution in [0.2, 0.25) is 0 Å². The number of hydrogen-bond donors (Lipinski definition) is 2. The summed E-state index contributed by atoms with van der Waals surface area (Å²) in [5.41, 5.74) is 6.62. The first-order valence-electron chi connectivity index (χ1n) is 9.72. The first-order chi connectivity index (χ1) is 14.0. The maximum absolute atomic E-state index is 11.2. The third kappa shape index (κ3) is 6.01.